The fourth-order valence-electron chi connectivity index (χ4n) is 4.36. The van der Waals surface area contributed by atoms with Gasteiger partial charge in [-0.05, 0) is 76.4 Å². The Hall–Kier alpha value is -1.66. The van der Waals surface area contributed by atoms with Crippen molar-refractivity contribution in [1.29, 1.82) is 0 Å². The van der Waals surface area contributed by atoms with E-state index in [4.69, 9.17) is 9.73 Å². The molecule has 2 atom stereocenters. The van der Waals surface area contributed by atoms with Crippen LogP contribution in [0.25, 0.3) is 0 Å². The summed E-state index contributed by atoms with van der Waals surface area (Å²) in [6.07, 6.45) is 3.78. The molecule has 0 bridgehead atoms. The molecular formula is C23H37FN4O. The molecule has 2 heterocycles. The highest BCUT2D eigenvalue weighted by atomic mass is 19.1. The van der Waals surface area contributed by atoms with E-state index >= 15 is 0 Å². The zero-order chi connectivity index (χ0) is 20.6. The van der Waals surface area contributed by atoms with Crippen molar-refractivity contribution in [3.8, 4) is 0 Å². The van der Waals surface area contributed by atoms with E-state index in [0.29, 0.717) is 0 Å². The molecule has 5 nitrogen and oxygen atoms in total. The molecule has 3 rings (SSSR count). The maximum absolute atomic E-state index is 13.3. The maximum atomic E-state index is 13.3. The molecule has 6 heteroatoms. The number of morpholine rings is 1. The first-order chi connectivity index (χ1) is 14.1. The van der Waals surface area contributed by atoms with Crippen LogP contribution in [0.1, 0.15) is 51.7 Å². The third kappa shape index (κ3) is 6.41. The lowest BCUT2D eigenvalue weighted by Crippen LogP contribution is -2.50. The number of nitrogens with one attached hydrogen (secondary N) is 1. The molecule has 0 aromatic heterocycles. The molecule has 2 saturated heterocycles. The van der Waals surface area contributed by atoms with Crippen molar-refractivity contribution in [2.24, 2.45) is 10.9 Å². The molecule has 2 unspecified atom stereocenters. The van der Waals surface area contributed by atoms with E-state index in [0.717, 1.165) is 50.0 Å². The van der Waals surface area contributed by atoms with E-state index in [1.54, 1.807) is 0 Å². The second-order valence-electron chi connectivity index (χ2n) is 8.29. The fourth-order valence-corrected chi connectivity index (χ4v) is 4.36. The average molecular weight is 405 g/mol. The summed E-state index contributed by atoms with van der Waals surface area (Å²) in [5, 5.41) is 3.46. The lowest BCUT2D eigenvalue weighted by molar-refractivity contribution is -0.0605. The second kappa shape index (κ2) is 10.9. The lowest BCUT2D eigenvalue weighted by atomic mass is 9.94. The van der Waals surface area contributed by atoms with E-state index in [9.17, 15) is 4.39 Å². The summed E-state index contributed by atoms with van der Waals surface area (Å²) in [5.74, 6) is 1.55. The number of likely N-dealkylation sites (tertiary alicyclic amines) is 1. The van der Waals surface area contributed by atoms with Crippen LogP contribution in [0.15, 0.2) is 29.3 Å². The Morgan fingerprint density at radius 2 is 1.90 bits per heavy atom. The normalized spacial score (nSPS) is 24.7. The first kappa shape index (κ1) is 22.0. The zero-order valence-corrected chi connectivity index (χ0v) is 18.2. The first-order valence-electron chi connectivity index (χ1n) is 11.3. The van der Waals surface area contributed by atoms with E-state index in [1.807, 2.05) is 12.1 Å². The molecule has 0 amide bonds. The van der Waals surface area contributed by atoms with Gasteiger partial charge in [0.05, 0.1) is 12.6 Å². The van der Waals surface area contributed by atoms with Crippen LogP contribution in [0, 0.1) is 11.7 Å². The summed E-state index contributed by atoms with van der Waals surface area (Å²) in [4.78, 5) is 9.78. The SMILES string of the molecule is CCNC(=NCCC1CCN(CC)CC1)N1CC(C)OC(c2ccc(F)cc2)C1. The van der Waals surface area contributed by atoms with Gasteiger partial charge in [-0.1, -0.05) is 19.1 Å². The Morgan fingerprint density at radius 3 is 2.55 bits per heavy atom. The Kier molecular flexibility index (Phi) is 8.30. The molecule has 162 valence electrons. The Labute approximate surface area is 175 Å². The topological polar surface area (TPSA) is 40.1 Å². The molecule has 1 aromatic carbocycles. The summed E-state index contributed by atoms with van der Waals surface area (Å²) in [6, 6.07) is 6.66. The van der Waals surface area contributed by atoms with Gasteiger partial charge in [0.2, 0.25) is 0 Å². The van der Waals surface area contributed by atoms with Crippen LogP contribution >= 0.6 is 0 Å². The number of benzene rings is 1. The van der Waals surface area contributed by atoms with Crippen LogP contribution < -0.4 is 5.32 Å². The molecule has 0 radical (unpaired) electrons. The Balaban J connectivity index is 1.59. The van der Waals surface area contributed by atoms with Gasteiger partial charge in [-0.3, -0.25) is 4.99 Å². The van der Waals surface area contributed by atoms with Gasteiger partial charge in [0.15, 0.2) is 5.96 Å². The standard InChI is InChI=1S/C23H37FN4O/c1-4-25-23(26-13-10-19-11-14-27(5-2)15-12-19)28-16-18(3)29-22(17-28)20-6-8-21(24)9-7-20/h6-9,18-19,22H,4-5,10-17H2,1-3H3,(H,25,26). The minimum absolute atomic E-state index is 0.0680. The van der Waals surface area contributed by atoms with Crippen molar-refractivity contribution in [1.82, 2.24) is 15.1 Å². The number of ether oxygens (including phenoxy) is 1. The van der Waals surface area contributed by atoms with Gasteiger partial charge in [0, 0.05) is 19.6 Å². The Morgan fingerprint density at radius 1 is 1.17 bits per heavy atom. The number of hydrogen-bond acceptors (Lipinski definition) is 3. The van der Waals surface area contributed by atoms with Crippen molar-refractivity contribution in [3.05, 3.63) is 35.6 Å². The number of hydrogen-bond donors (Lipinski definition) is 1. The van der Waals surface area contributed by atoms with Gasteiger partial charge < -0.3 is 19.9 Å². The third-order valence-corrected chi connectivity index (χ3v) is 6.09. The van der Waals surface area contributed by atoms with Crippen LogP contribution in [0.2, 0.25) is 0 Å². The van der Waals surface area contributed by atoms with E-state index in [2.05, 4.69) is 35.9 Å². The van der Waals surface area contributed by atoms with Crippen molar-refractivity contribution in [3.63, 3.8) is 0 Å². The van der Waals surface area contributed by atoms with E-state index in [-0.39, 0.29) is 18.0 Å². The molecule has 2 aliphatic rings. The quantitative estimate of drug-likeness (QED) is 0.580. The molecule has 2 aliphatic heterocycles. The van der Waals surface area contributed by atoms with Gasteiger partial charge in [0.25, 0.3) is 0 Å². The second-order valence-corrected chi connectivity index (χ2v) is 8.29. The van der Waals surface area contributed by atoms with E-state index in [1.165, 1.54) is 44.6 Å². The van der Waals surface area contributed by atoms with Gasteiger partial charge >= 0.3 is 0 Å². The number of rotatable bonds is 6. The molecule has 0 spiro atoms. The fraction of sp³-hybridized carbons (Fsp3) is 0.696. The molecule has 0 aliphatic carbocycles. The number of aliphatic imine (C=N–C) groups is 1. The smallest absolute Gasteiger partial charge is 0.194 e. The average Bonchev–Trinajstić information content (AvgIpc) is 2.73. The van der Waals surface area contributed by atoms with Crippen LogP contribution in [-0.4, -0.2) is 67.7 Å². The monoisotopic (exact) mass is 404 g/mol. The van der Waals surface area contributed by atoms with Crippen molar-refractivity contribution < 1.29 is 9.13 Å². The molecular weight excluding hydrogens is 367 g/mol. The molecule has 1 N–H and O–H groups in total. The van der Waals surface area contributed by atoms with Crippen LogP contribution in [0.3, 0.4) is 0 Å². The third-order valence-electron chi connectivity index (χ3n) is 6.09. The van der Waals surface area contributed by atoms with Crippen molar-refractivity contribution in [2.75, 3.05) is 45.8 Å². The van der Waals surface area contributed by atoms with Gasteiger partial charge in [0.1, 0.15) is 11.9 Å². The molecule has 2 fully saturated rings. The van der Waals surface area contributed by atoms with Gasteiger partial charge in [-0.15, -0.1) is 0 Å². The number of nitrogens with zero attached hydrogens (tertiary/aromatic N) is 3. The highest BCUT2D eigenvalue weighted by Gasteiger charge is 2.28. The molecule has 29 heavy (non-hydrogen) atoms. The zero-order valence-electron chi connectivity index (χ0n) is 18.2. The summed E-state index contributed by atoms with van der Waals surface area (Å²) >= 11 is 0. The van der Waals surface area contributed by atoms with Crippen molar-refractivity contribution in [2.45, 2.75) is 52.2 Å². The number of guanidine groups is 1. The summed E-state index contributed by atoms with van der Waals surface area (Å²) in [5.41, 5.74) is 1.02. The summed E-state index contributed by atoms with van der Waals surface area (Å²) in [7, 11) is 0. The van der Waals surface area contributed by atoms with Crippen LogP contribution in [0.5, 0.6) is 0 Å². The number of piperidine rings is 1. The lowest BCUT2D eigenvalue weighted by Gasteiger charge is -2.39. The maximum Gasteiger partial charge on any atom is 0.194 e. The Bertz CT molecular complexity index is 643. The largest absolute Gasteiger partial charge is 0.367 e. The van der Waals surface area contributed by atoms with Gasteiger partial charge in [-0.25, -0.2) is 4.39 Å². The minimum Gasteiger partial charge on any atom is -0.367 e. The van der Waals surface area contributed by atoms with Crippen LogP contribution in [0.4, 0.5) is 4.39 Å². The predicted octanol–water partition coefficient (Wildman–Crippen LogP) is 3.68. The van der Waals surface area contributed by atoms with Crippen molar-refractivity contribution >= 4 is 5.96 Å². The van der Waals surface area contributed by atoms with E-state index < -0.39 is 0 Å². The molecule has 1 aromatic rings. The summed E-state index contributed by atoms with van der Waals surface area (Å²) < 4.78 is 19.4. The summed E-state index contributed by atoms with van der Waals surface area (Å²) in [6.45, 7) is 13.3. The first-order valence-corrected chi connectivity index (χ1v) is 11.3. The molecule has 0 saturated carbocycles. The van der Waals surface area contributed by atoms with Crippen LogP contribution in [-0.2, 0) is 4.74 Å². The number of halogens is 1. The van der Waals surface area contributed by atoms with Gasteiger partial charge in [-0.2, -0.15) is 0 Å². The minimum atomic E-state index is -0.214. The highest BCUT2D eigenvalue weighted by Crippen LogP contribution is 2.26. The highest BCUT2D eigenvalue weighted by molar-refractivity contribution is 5.80. The predicted molar refractivity (Wildman–Crippen MR) is 117 cm³/mol.